The van der Waals surface area contributed by atoms with E-state index in [0.29, 0.717) is 22.4 Å². The van der Waals surface area contributed by atoms with Gasteiger partial charge in [-0.05, 0) is 63.3 Å². The van der Waals surface area contributed by atoms with Crippen LogP contribution >= 0.6 is 24.0 Å². The number of hydrogen-bond donors (Lipinski definition) is 0. The number of thioether (sulfide) groups is 1. The van der Waals surface area contributed by atoms with Crippen LogP contribution in [0.4, 0.5) is 0 Å². The summed E-state index contributed by atoms with van der Waals surface area (Å²) in [7, 11) is 0. The van der Waals surface area contributed by atoms with Gasteiger partial charge in [0.15, 0.2) is 11.5 Å². The molecule has 1 aromatic rings. The van der Waals surface area contributed by atoms with Gasteiger partial charge in [0.25, 0.3) is 5.91 Å². The second-order valence-corrected chi connectivity index (χ2v) is 7.77. The van der Waals surface area contributed by atoms with Gasteiger partial charge < -0.3 is 9.47 Å². The van der Waals surface area contributed by atoms with Gasteiger partial charge in [-0.3, -0.25) is 9.69 Å². The van der Waals surface area contributed by atoms with Crippen LogP contribution in [0.25, 0.3) is 6.08 Å². The summed E-state index contributed by atoms with van der Waals surface area (Å²) in [5, 5.41) is 0. The van der Waals surface area contributed by atoms with E-state index in [0.717, 1.165) is 29.9 Å². The van der Waals surface area contributed by atoms with E-state index >= 15 is 0 Å². The van der Waals surface area contributed by atoms with Crippen LogP contribution in [0.2, 0.25) is 0 Å². The van der Waals surface area contributed by atoms with Gasteiger partial charge in [-0.25, -0.2) is 0 Å². The third kappa shape index (κ3) is 4.18. The SMILES string of the molecule is CCOc1cc(/C=C2/SC(=S)N(CC)C2=O)ccc1OC1CCCC1. The molecule has 134 valence electrons. The Morgan fingerprint density at radius 3 is 2.68 bits per heavy atom. The van der Waals surface area contributed by atoms with Crippen LogP contribution < -0.4 is 9.47 Å². The van der Waals surface area contributed by atoms with Crippen molar-refractivity contribution in [2.45, 2.75) is 45.6 Å². The zero-order valence-corrected chi connectivity index (χ0v) is 16.3. The molecule has 2 fully saturated rings. The normalized spacial score (nSPS) is 19.9. The lowest BCUT2D eigenvalue weighted by Gasteiger charge is -2.17. The number of thiocarbonyl (C=S) groups is 1. The zero-order valence-electron chi connectivity index (χ0n) is 14.6. The average molecular weight is 378 g/mol. The second kappa shape index (κ2) is 8.23. The minimum atomic E-state index is -0.0262. The van der Waals surface area contributed by atoms with Crippen LogP contribution in [0.1, 0.15) is 45.1 Å². The number of ether oxygens (including phenoxy) is 2. The number of hydrogen-bond acceptors (Lipinski definition) is 5. The molecule has 4 nitrogen and oxygen atoms in total. The van der Waals surface area contributed by atoms with Crippen LogP contribution in [0.3, 0.4) is 0 Å². The Morgan fingerprint density at radius 2 is 2.04 bits per heavy atom. The molecule has 1 aromatic carbocycles. The van der Waals surface area contributed by atoms with Gasteiger partial charge in [0.1, 0.15) is 4.32 Å². The summed E-state index contributed by atoms with van der Waals surface area (Å²) >= 11 is 6.61. The van der Waals surface area contributed by atoms with Gasteiger partial charge in [-0.15, -0.1) is 0 Å². The summed E-state index contributed by atoms with van der Waals surface area (Å²) in [6.45, 7) is 5.05. The number of amides is 1. The molecular formula is C19H23NO3S2. The Bertz CT molecular complexity index is 696. The molecule has 1 saturated carbocycles. The minimum Gasteiger partial charge on any atom is -0.490 e. The molecule has 0 radical (unpaired) electrons. The van der Waals surface area contributed by atoms with E-state index in [-0.39, 0.29) is 12.0 Å². The summed E-state index contributed by atoms with van der Waals surface area (Å²) in [6, 6.07) is 5.84. The highest BCUT2D eigenvalue weighted by Gasteiger charge is 2.30. The van der Waals surface area contributed by atoms with Gasteiger partial charge in [0.2, 0.25) is 0 Å². The van der Waals surface area contributed by atoms with Crippen molar-refractivity contribution in [2.24, 2.45) is 0 Å². The van der Waals surface area contributed by atoms with E-state index in [1.807, 2.05) is 38.1 Å². The van der Waals surface area contributed by atoms with Crippen LogP contribution in [-0.2, 0) is 4.79 Å². The Morgan fingerprint density at radius 1 is 1.28 bits per heavy atom. The lowest BCUT2D eigenvalue weighted by molar-refractivity contribution is -0.121. The molecule has 1 heterocycles. The van der Waals surface area contributed by atoms with E-state index in [2.05, 4.69) is 0 Å². The van der Waals surface area contributed by atoms with Crippen molar-refractivity contribution in [1.82, 2.24) is 4.90 Å². The van der Waals surface area contributed by atoms with Gasteiger partial charge in [0.05, 0.1) is 17.6 Å². The molecule has 0 N–H and O–H groups in total. The largest absolute Gasteiger partial charge is 0.490 e. The molecule has 6 heteroatoms. The molecule has 3 rings (SSSR count). The highest BCUT2D eigenvalue weighted by atomic mass is 32.2. The summed E-state index contributed by atoms with van der Waals surface area (Å²) in [5.41, 5.74) is 0.916. The van der Waals surface area contributed by atoms with E-state index in [4.69, 9.17) is 21.7 Å². The number of nitrogens with zero attached hydrogens (tertiary/aromatic N) is 1. The first-order valence-corrected chi connectivity index (χ1v) is 10.0. The van der Waals surface area contributed by atoms with Crippen molar-refractivity contribution in [3.8, 4) is 11.5 Å². The smallest absolute Gasteiger partial charge is 0.266 e. The van der Waals surface area contributed by atoms with Crippen molar-refractivity contribution in [3.63, 3.8) is 0 Å². The maximum Gasteiger partial charge on any atom is 0.266 e. The fraction of sp³-hybridized carbons (Fsp3) is 0.474. The van der Waals surface area contributed by atoms with Gasteiger partial charge in [0, 0.05) is 6.54 Å². The quantitative estimate of drug-likeness (QED) is 0.534. The maximum absolute atomic E-state index is 12.4. The fourth-order valence-corrected chi connectivity index (χ4v) is 4.47. The first-order chi connectivity index (χ1) is 12.1. The Kier molecular flexibility index (Phi) is 6.02. The minimum absolute atomic E-state index is 0.0262. The Labute approximate surface area is 158 Å². The van der Waals surface area contributed by atoms with Crippen LogP contribution in [0.5, 0.6) is 11.5 Å². The first kappa shape index (κ1) is 18.3. The predicted octanol–water partition coefficient (Wildman–Crippen LogP) is 4.63. The second-order valence-electron chi connectivity index (χ2n) is 6.09. The predicted molar refractivity (Wildman–Crippen MR) is 106 cm³/mol. The molecule has 25 heavy (non-hydrogen) atoms. The highest BCUT2D eigenvalue weighted by Crippen LogP contribution is 2.36. The number of carbonyl (C=O) groups excluding carboxylic acids is 1. The topological polar surface area (TPSA) is 38.8 Å². The molecule has 0 atom stereocenters. The number of benzene rings is 1. The average Bonchev–Trinajstić information content (AvgIpc) is 3.19. The molecule has 0 bridgehead atoms. The molecule has 0 aromatic heterocycles. The van der Waals surface area contributed by atoms with Crippen molar-refractivity contribution < 1.29 is 14.3 Å². The van der Waals surface area contributed by atoms with Crippen LogP contribution in [0, 0.1) is 0 Å². The van der Waals surface area contributed by atoms with Crippen molar-refractivity contribution in [1.29, 1.82) is 0 Å². The highest BCUT2D eigenvalue weighted by molar-refractivity contribution is 8.26. The molecule has 1 aliphatic carbocycles. The summed E-state index contributed by atoms with van der Waals surface area (Å²) in [4.78, 5) is 14.6. The zero-order chi connectivity index (χ0) is 17.8. The van der Waals surface area contributed by atoms with Crippen LogP contribution in [-0.4, -0.2) is 34.4 Å². The molecule has 1 aliphatic heterocycles. The molecule has 0 spiro atoms. The van der Waals surface area contributed by atoms with Gasteiger partial charge >= 0.3 is 0 Å². The maximum atomic E-state index is 12.4. The standard InChI is InChI=1S/C19H23NO3S2/c1-3-20-18(21)17(25-19(20)24)12-13-9-10-15(16(11-13)22-4-2)23-14-7-5-6-8-14/h9-12,14H,3-8H2,1-2H3/b17-12+. The number of carbonyl (C=O) groups is 1. The molecule has 1 saturated heterocycles. The third-order valence-electron chi connectivity index (χ3n) is 4.35. The van der Waals surface area contributed by atoms with Crippen molar-refractivity contribution >= 4 is 40.3 Å². The van der Waals surface area contributed by atoms with Crippen molar-refractivity contribution in [3.05, 3.63) is 28.7 Å². The number of rotatable bonds is 6. The third-order valence-corrected chi connectivity index (χ3v) is 5.73. The Balaban J connectivity index is 1.82. The van der Waals surface area contributed by atoms with E-state index in [9.17, 15) is 4.79 Å². The summed E-state index contributed by atoms with van der Waals surface area (Å²) < 4.78 is 12.5. The Hall–Kier alpha value is -1.53. The fourth-order valence-electron chi connectivity index (χ4n) is 3.09. The van der Waals surface area contributed by atoms with E-state index in [1.165, 1.54) is 24.6 Å². The lowest BCUT2D eigenvalue weighted by atomic mass is 10.1. The summed E-state index contributed by atoms with van der Waals surface area (Å²) in [6.07, 6.45) is 6.82. The first-order valence-electron chi connectivity index (χ1n) is 8.81. The lowest BCUT2D eigenvalue weighted by Crippen LogP contribution is -2.27. The van der Waals surface area contributed by atoms with E-state index < -0.39 is 0 Å². The molecule has 0 unspecified atom stereocenters. The van der Waals surface area contributed by atoms with Gasteiger partial charge in [-0.2, -0.15) is 0 Å². The van der Waals surface area contributed by atoms with Crippen LogP contribution in [0.15, 0.2) is 23.1 Å². The molecule has 1 amide bonds. The summed E-state index contributed by atoms with van der Waals surface area (Å²) in [5.74, 6) is 1.49. The monoisotopic (exact) mass is 377 g/mol. The molecule has 2 aliphatic rings. The number of likely N-dealkylation sites (N-methyl/N-ethyl adjacent to an activating group) is 1. The molecular weight excluding hydrogens is 354 g/mol. The van der Waals surface area contributed by atoms with E-state index in [1.54, 1.807) is 4.90 Å². The van der Waals surface area contributed by atoms with Gasteiger partial charge in [-0.1, -0.05) is 30.0 Å². The van der Waals surface area contributed by atoms with Crippen molar-refractivity contribution in [2.75, 3.05) is 13.2 Å².